The molecule has 0 radical (unpaired) electrons. The fourth-order valence-electron chi connectivity index (χ4n) is 3.54. The van der Waals surface area contributed by atoms with Crippen LogP contribution >= 0.6 is 11.8 Å². The van der Waals surface area contributed by atoms with Gasteiger partial charge in [0.25, 0.3) is 5.56 Å². The van der Waals surface area contributed by atoms with E-state index >= 15 is 0 Å². The zero-order valence-electron chi connectivity index (χ0n) is 16.6. The van der Waals surface area contributed by atoms with Crippen molar-refractivity contribution in [3.63, 3.8) is 0 Å². The zero-order chi connectivity index (χ0) is 20.4. The Morgan fingerprint density at radius 3 is 2.69 bits per heavy atom. The molecule has 1 unspecified atom stereocenters. The molecule has 29 heavy (non-hydrogen) atoms. The summed E-state index contributed by atoms with van der Waals surface area (Å²) in [4.78, 5) is 28.8. The first-order valence-electron chi connectivity index (χ1n) is 9.66. The Balaban J connectivity index is 1.64. The van der Waals surface area contributed by atoms with E-state index in [1.54, 1.807) is 7.05 Å². The maximum atomic E-state index is 12.2. The van der Waals surface area contributed by atoms with Gasteiger partial charge < -0.3 is 9.30 Å². The predicted octanol–water partition coefficient (Wildman–Crippen LogP) is 2.42. The zero-order valence-corrected chi connectivity index (χ0v) is 17.4. The maximum Gasteiger partial charge on any atom is 0.330 e. The molecule has 3 heterocycles. The van der Waals surface area contributed by atoms with E-state index in [4.69, 9.17) is 4.74 Å². The first kappa shape index (κ1) is 19.7. The van der Waals surface area contributed by atoms with E-state index in [0.29, 0.717) is 11.4 Å². The van der Waals surface area contributed by atoms with E-state index < -0.39 is 0 Å². The number of rotatable bonds is 6. The highest BCUT2D eigenvalue weighted by atomic mass is 32.2. The molecule has 1 aliphatic heterocycles. The molecular formula is C21H24N4O3S. The Labute approximate surface area is 173 Å². The largest absolute Gasteiger partial charge is 0.376 e. The molecule has 1 fully saturated rings. The van der Waals surface area contributed by atoms with Gasteiger partial charge in [-0.3, -0.25) is 13.9 Å². The van der Waals surface area contributed by atoms with E-state index in [0.717, 1.165) is 47.0 Å². The third-order valence-electron chi connectivity index (χ3n) is 5.27. The van der Waals surface area contributed by atoms with Crippen LogP contribution in [0.3, 0.4) is 0 Å². The molecule has 8 heteroatoms. The van der Waals surface area contributed by atoms with Gasteiger partial charge in [-0.15, -0.1) is 0 Å². The summed E-state index contributed by atoms with van der Waals surface area (Å²) >= 11 is 1.52. The average Bonchev–Trinajstić information content (AvgIpc) is 3.39. The monoisotopic (exact) mass is 412 g/mol. The van der Waals surface area contributed by atoms with Gasteiger partial charge in [-0.05, 0) is 18.4 Å². The van der Waals surface area contributed by atoms with Crippen molar-refractivity contribution in [1.29, 1.82) is 0 Å². The summed E-state index contributed by atoms with van der Waals surface area (Å²) in [6.07, 6.45) is 4.19. The van der Waals surface area contributed by atoms with Crippen LogP contribution in [0.15, 0.2) is 57.3 Å². The molecule has 0 aliphatic carbocycles. The number of aromatic nitrogens is 4. The molecule has 0 bridgehead atoms. The summed E-state index contributed by atoms with van der Waals surface area (Å²) in [5.41, 5.74) is 2.21. The van der Waals surface area contributed by atoms with Crippen molar-refractivity contribution in [2.45, 2.75) is 36.4 Å². The molecule has 1 atom stereocenters. The number of thioether (sulfide) groups is 1. The van der Waals surface area contributed by atoms with Gasteiger partial charge in [0.2, 0.25) is 0 Å². The summed E-state index contributed by atoms with van der Waals surface area (Å²) in [6, 6.07) is 11.7. The quantitative estimate of drug-likeness (QED) is 0.582. The standard InChI is InChI=1S/C21H24N4O3S/c1-23-16(11-19(26)24(2)21(23)27)14-29-20-22-12-18(15-7-4-3-5-8-15)25(20)13-17-9-6-10-28-17/h3-5,7-8,11-12,17H,6,9-10,13-14H2,1-2H3. The van der Waals surface area contributed by atoms with Crippen LogP contribution in [0.2, 0.25) is 0 Å². The fraction of sp³-hybridized carbons (Fsp3) is 0.381. The van der Waals surface area contributed by atoms with Gasteiger partial charge in [0.1, 0.15) is 0 Å². The highest BCUT2D eigenvalue weighted by Crippen LogP contribution is 2.29. The van der Waals surface area contributed by atoms with Gasteiger partial charge in [-0.2, -0.15) is 0 Å². The lowest BCUT2D eigenvalue weighted by Crippen LogP contribution is -2.37. The molecule has 0 amide bonds. The van der Waals surface area contributed by atoms with Gasteiger partial charge >= 0.3 is 5.69 Å². The minimum Gasteiger partial charge on any atom is -0.376 e. The number of nitrogens with zero attached hydrogens (tertiary/aromatic N) is 4. The Bertz CT molecular complexity index is 1110. The van der Waals surface area contributed by atoms with Gasteiger partial charge in [-0.25, -0.2) is 9.78 Å². The highest BCUT2D eigenvalue weighted by Gasteiger charge is 2.21. The van der Waals surface area contributed by atoms with E-state index in [9.17, 15) is 9.59 Å². The summed E-state index contributed by atoms with van der Waals surface area (Å²) in [6.45, 7) is 1.54. The van der Waals surface area contributed by atoms with Crippen molar-refractivity contribution in [1.82, 2.24) is 18.7 Å². The van der Waals surface area contributed by atoms with Crippen molar-refractivity contribution in [3.05, 3.63) is 69.1 Å². The molecule has 1 saturated heterocycles. The summed E-state index contributed by atoms with van der Waals surface area (Å²) in [5, 5.41) is 0.854. The van der Waals surface area contributed by atoms with Crippen LogP contribution in [-0.4, -0.2) is 31.4 Å². The summed E-state index contributed by atoms with van der Waals surface area (Å²) in [5.74, 6) is 0.485. The van der Waals surface area contributed by atoms with Crippen molar-refractivity contribution < 1.29 is 4.74 Å². The van der Waals surface area contributed by atoms with Gasteiger partial charge in [0.05, 0.1) is 24.5 Å². The molecular weight excluding hydrogens is 388 g/mol. The molecule has 0 spiro atoms. The average molecular weight is 413 g/mol. The second kappa shape index (κ2) is 8.42. The molecule has 7 nitrogen and oxygen atoms in total. The van der Waals surface area contributed by atoms with E-state index in [2.05, 4.69) is 21.7 Å². The van der Waals surface area contributed by atoms with Gasteiger partial charge in [0, 0.05) is 38.2 Å². The molecule has 3 aromatic rings. The third-order valence-corrected chi connectivity index (χ3v) is 6.30. The molecule has 1 aromatic carbocycles. The second-order valence-electron chi connectivity index (χ2n) is 7.20. The lowest BCUT2D eigenvalue weighted by Gasteiger charge is -2.16. The second-order valence-corrected chi connectivity index (χ2v) is 8.14. The maximum absolute atomic E-state index is 12.2. The van der Waals surface area contributed by atoms with Crippen molar-refractivity contribution in [2.75, 3.05) is 6.61 Å². The Morgan fingerprint density at radius 2 is 1.97 bits per heavy atom. The lowest BCUT2D eigenvalue weighted by atomic mass is 10.1. The highest BCUT2D eigenvalue weighted by molar-refractivity contribution is 7.98. The van der Waals surface area contributed by atoms with Crippen LogP contribution < -0.4 is 11.2 Å². The van der Waals surface area contributed by atoms with Crippen LogP contribution in [0.5, 0.6) is 0 Å². The molecule has 0 N–H and O–H groups in total. The topological polar surface area (TPSA) is 71.0 Å². The molecule has 152 valence electrons. The van der Waals surface area contributed by atoms with E-state index in [1.165, 1.54) is 29.4 Å². The number of benzene rings is 1. The first-order valence-corrected chi connectivity index (χ1v) is 10.6. The fourth-order valence-corrected chi connectivity index (χ4v) is 4.55. The van der Waals surface area contributed by atoms with E-state index in [-0.39, 0.29) is 17.4 Å². The van der Waals surface area contributed by atoms with Gasteiger partial charge in [0.15, 0.2) is 5.16 Å². The van der Waals surface area contributed by atoms with Crippen LogP contribution in [0, 0.1) is 0 Å². The minimum atomic E-state index is -0.319. The molecule has 1 aliphatic rings. The van der Waals surface area contributed by atoms with E-state index in [1.807, 2.05) is 24.4 Å². The lowest BCUT2D eigenvalue weighted by molar-refractivity contribution is 0.0954. The van der Waals surface area contributed by atoms with Crippen molar-refractivity contribution in [2.24, 2.45) is 14.1 Å². The summed E-state index contributed by atoms with van der Waals surface area (Å²) < 4.78 is 10.7. The SMILES string of the molecule is Cn1c(CSc2ncc(-c3ccccc3)n2CC2CCCO2)cc(=O)n(C)c1=O. The third kappa shape index (κ3) is 4.09. The normalized spacial score (nSPS) is 16.4. The smallest absolute Gasteiger partial charge is 0.330 e. The predicted molar refractivity (Wildman–Crippen MR) is 113 cm³/mol. The first-order chi connectivity index (χ1) is 14.0. The molecule has 4 rings (SSSR count). The van der Waals surface area contributed by atoms with Crippen molar-refractivity contribution >= 4 is 11.8 Å². The molecule has 2 aromatic heterocycles. The number of hydrogen-bond acceptors (Lipinski definition) is 5. The van der Waals surface area contributed by atoms with Crippen LogP contribution in [0.25, 0.3) is 11.3 Å². The molecule has 0 saturated carbocycles. The Kier molecular flexibility index (Phi) is 5.73. The Hall–Kier alpha value is -2.58. The number of hydrogen-bond donors (Lipinski definition) is 0. The van der Waals surface area contributed by atoms with Gasteiger partial charge in [-0.1, -0.05) is 42.1 Å². The summed E-state index contributed by atoms with van der Waals surface area (Å²) in [7, 11) is 3.17. The minimum absolute atomic E-state index is 0.180. The number of ether oxygens (including phenoxy) is 1. The van der Waals surface area contributed by atoms with Crippen LogP contribution in [0.1, 0.15) is 18.5 Å². The van der Waals surface area contributed by atoms with Crippen LogP contribution in [0.4, 0.5) is 0 Å². The van der Waals surface area contributed by atoms with Crippen molar-refractivity contribution in [3.8, 4) is 11.3 Å². The number of imidazole rings is 1. The Morgan fingerprint density at radius 1 is 1.17 bits per heavy atom. The van der Waals surface area contributed by atoms with Crippen LogP contribution in [-0.2, 0) is 31.1 Å².